The lowest BCUT2D eigenvalue weighted by Gasteiger charge is -2.29. The highest BCUT2D eigenvalue weighted by atomic mass is 16.5. The summed E-state index contributed by atoms with van der Waals surface area (Å²) in [4.78, 5) is 32.2. The van der Waals surface area contributed by atoms with Crippen molar-refractivity contribution in [3.05, 3.63) is 58.1 Å². The van der Waals surface area contributed by atoms with Gasteiger partial charge in [0.2, 0.25) is 0 Å². The number of carbonyl (C=O) groups excluding carboxylic acids is 1. The number of aromatic nitrogens is 2. The molecule has 1 amide bonds. The minimum absolute atomic E-state index is 0.119. The van der Waals surface area contributed by atoms with Crippen LogP contribution in [-0.4, -0.2) is 51.1 Å². The fraction of sp³-hybridized carbons (Fsp3) is 0.353. The van der Waals surface area contributed by atoms with Gasteiger partial charge in [0.05, 0.1) is 12.7 Å². The van der Waals surface area contributed by atoms with Crippen molar-refractivity contribution in [2.75, 3.05) is 11.5 Å². The van der Waals surface area contributed by atoms with Crippen molar-refractivity contribution >= 4 is 11.7 Å². The molecule has 1 aliphatic rings. The molecule has 1 saturated heterocycles. The van der Waals surface area contributed by atoms with Crippen LogP contribution in [0.2, 0.25) is 0 Å². The Labute approximate surface area is 143 Å². The van der Waals surface area contributed by atoms with E-state index in [1.54, 1.807) is 37.3 Å². The van der Waals surface area contributed by atoms with E-state index in [4.69, 9.17) is 4.74 Å². The average molecular weight is 345 g/mol. The number of benzene rings is 1. The van der Waals surface area contributed by atoms with Gasteiger partial charge in [0.25, 0.3) is 5.91 Å². The van der Waals surface area contributed by atoms with E-state index in [0.29, 0.717) is 11.1 Å². The second-order valence-corrected chi connectivity index (χ2v) is 5.88. The first-order valence-corrected chi connectivity index (χ1v) is 7.90. The van der Waals surface area contributed by atoms with Crippen molar-refractivity contribution < 1.29 is 19.7 Å². The number of aliphatic hydroxyl groups excluding tert-OH is 2. The maximum atomic E-state index is 13.1. The number of anilines is 1. The van der Waals surface area contributed by atoms with Crippen LogP contribution in [0.5, 0.6) is 0 Å². The molecule has 3 rings (SSSR count). The number of nitrogens with zero attached hydrogens (tertiary/aromatic N) is 2. The summed E-state index contributed by atoms with van der Waals surface area (Å²) >= 11 is 0. The van der Waals surface area contributed by atoms with Crippen molar-refractivity contribution in [3.63, 3.8) is 0 Å². The molecular weight excluding hydrogens is 326 g/mol. The summed E-state index contributed by atoms with van der Waals surface area (Å²) in [6, 6.07) is 8.55. The smallest absolute Gasteiger partial charge is 0.346 e. The van der Waals surface area contributed by atoms with Gasteiger partial charge >= 0.3 is 5.69 Å². The quantitative estimate of drug-likeness (QED) is 0.729. The zero-order chi connectivity index (χ0) is 18.0. The molecule has 132 valence electrons. The number of ether oxygens (including phenoxy) is 1. The molecule has 0 bridgehead atoms. The number of aromatic amines is 1. The monoisotopic (exact) mass is 345 g/mol. The first-order chi connectivity index (χ1) is 12.0. The molecule has 3 N–H and O–H groups in total. The fourth-order valence-corrected chi connectivity index (χ4v) is 2.83. The van der Waals surface area contributed by atoms with Crippen LogP contribution in [0.1, 0.15) is 22.3 Å². The van der Waals surface area contributed by atoms with Gasteiger partial charge < -0.3 is 14.9 Å². The van der Waals surface area contributed by atoms with Crippen molar-refractivity contribution in [3.8, 4) is 0 Å². The Morgan fingerprint density at radius 3 is 2.76 bits per heavy atom. The van der Waals surface area contributed by atoms with Gasteiger partial charge in [-0.3, -0.25) is 14.7 Å². The third kappa shape index (κ3) is 3.46. The summed E-state index contributed by atoms with van der Waals surface area (Å²) in [6.07, 6.45) is -1.03. The molecule has 1 aromatic carbocycles. The predicted molar refractivity (Wildman–Crippen MR) is 89.2 cm³/mol. The molecule has 8 heteroatoms. The Balaban J connectivity index is 2.04. The van der Waals surface area contributed by atoms with Crippen molar-refractivity contribution in [2.45, 2.75) is 31.8 Å². The summed E-state index contributed by atoms with van der Waals surface area (Å²) in [7, 11) is 0. The number of rotatable bonds is 4. The Hall–Kier alpha value is -2.55. The molecule has 2 heterocycles. The van der Waals surface area contributed by atoms with Gasteiger partial charge in [-0.2, -0.15) is 0 Å². The molecule has 0 spiro atoms. The molecule has 0 unspecified atom stereocenters. The van der Waals surface area contributed by atoms with Gasteiger partial charge in [-0.25, -0.2) is 9.78 Å². The number of H-pyrrole nitrogens is 1. The van der Waals surface area contributed by atoms with E-state index in [1.807, 2.05) is 0 Å². The molecule has 0 saturated carbocycles. The van der Waals surface area contributed by atoms with Crippen LogP contribution in [0, 0.1) is 6.92 Å². The van der Waals surface area contributed by atoms with Crippen LogP contribution in [0.4, 0.5) is 5.82 Å². The zero-order valence-corrected chi connectivity index (χ0v) is 13.6. The van der Waals surface area contributed by atoms with Crippen LogP contribution >= 0.6 is 0 Å². The highest BCUT2D eigenvalue weighted by molar-refractivity contribution is 6.06. The number of hydrogen-bond donors (Lipinski definition) is 3. The highest BCUT2D eigenvalue weighted by Gasteiger charge is 2.40. The van der Waals surface area contributed by atoms with Crippen LogP contribution in [0.15, 0.2) is 41.3 Å². The summed E-state index contributed by atoms with van der Waals surface area (Å²) < 4.78 is 5.64. The zero-order valence-electron chi connectivity index (χ0n) is 13.6. The highest BCUT2D eigenvalue weighted by Crippen LogP contribution is 2.29. The van der Waals surface area contributed by atoms with Crippen molar-refractivity contribution in [1.82, 2.24) is 9.97 Å². The third-order valence-electron chi connectivity index (χ3n) is 4.13. The Kier molecular flexibility index (Phi) is 4.93. The summed E-state index contributed by atoms with van der Waals surface area (Å²) in [5, 5.41) is 19.3. The number of carbonyl (C=O) groups is 1. The minimum atomic E-state index is -0.907. The van der Waals surface area contributed by atoms with E-state index in [0.717, 1.165) is 0 Å². The minimum Gasteiger partial charge on any atom is -0.394 e. The van der Waals surface area contributed by atoms with E-state index >= 15 is 0 Å². The lowest BCUT2D eigenvalue weighted by Crippen LogP contribution is -2.42. The molecule has 0 radical (unpaired) electrons. The first kappa shape index (κ1) is 17.3. The summed E-state index contributed by atoms with van der Waals surface area (Å²) in [5.74, 6) is -0.133. The number of aryl methyl sites for hydroxylation is 1. The largest absolute Gasteiger partial charge is 0.394 e. The van der Waals surface area contributed by atoms with Gasteiger partial charge in [-0.1, -0.05) is 18.2 Å². The van der Waals surface area contributed by atoms with Gasteiger partial charge in [0, 0.05) is 23.7 Å². The second kappa shape index (κ2) is 7.14. The molecule has 1 aromatic heterocycles. The number of nitrogens with one attached hydrogen (secondary N) is 1. The lowest BCUT2D eigenvalue weighted by molar-refractivity contribution is -0.0216. The maximum Gasteiger partial charge on any atom is 0.346 e. The van der Waals surface area contributed by atoms with Crippen molar-refractivity contribution in [2.24, 2.45) is 0 Å². The number of amides is 1. The summed E-state index contributed by atoms with van der Waals surface area (Å²) in [5.41, 5.74) is 0.392. The second-order valence-electron chi connectivity index (χ2n) is 5.88. The predicted octanol–water partition coefficient (Wildman–Crippen LogP) is 0.193. The van der Waals surface area contributed by atoms with Gasteiger partial charge in [0.15, 0.2) is 0 Å². The average Bonchev–Trinajstić information content (AvgIpc) is 2.99. The lowest BCUT2D eigenvalue weighted by atomic mass is 10.1. The number of hydrogen-bond acceptors (Lipinski definition) is 6. The van der Waals surface area contributed by atoms with E-state index < -0.39 is 24.1 Å². The Morgan fingerprint density at radius 2 is 2.12 bits per heavy atom. The van der Waals surface area contributed by atoms with Gasteiger partial charge in [-0.15, -0.1) is 0 Å². The van der Waals surface area contributed by atoms with Crippen LogP contribution in [0.3, 0.4) is 0 Å². The topological polar surface area (TPSA) is 116 Å². The normalized spacial score (nSPS) is 22.8. The Bertz CT molecular complexity index is 807. The molecule has 2 aromatic rings. The van der Waals surface area contributed by atoms with Crippen LogP contribution in [0.25, 0.3) is 0 Å². The van der Waals surface area contributed by atoms with Gasteiger partial charge in [0.1, 0.15) is 18.1 Å². The summed E-state index contributed by atoms with van der Waals surface area (Å²) in [6.45, 7) is 1.34. The molecule has 25 heavy (non-hydrogen) atoms. The third-order valence-corrected chi connectivity index (χ3v) is 4.13. The van der Waals surface area contributed by atoms with Crippen LogP contribution in [-0.2, 0) is 4.74 Å². The molecule has 8 nitrogen and oxygen atoms in total. The molecular formula is C17H19N3O5. The first-order valence-electron chi connectivity index (χ1n) is 7.90. The van der Waals surface area contributed by atoms with E-state index in [2.05, 4.69) is 9.97 Å². The van der Waals surface area contributed by atoms with Crippen molar-refractivity contribution in [1.29, 1.82) is 0 Å². The van der Waals surface area contributed by atoms with E-state index in [-0.39, 0.29) is 24.8 Å². The fourth-order valence-electron chi connectivity index (χ4n) is 2.83. The van der Waals surface area contributed by atoms with Gasteiger partial charge in [-0.05, 0) is 19.1 Å². The standard InChI is InChI=1S/C17H19N3O5/c1-10-8-18-17(24)19-15(10)20(14-7-12(22)13(9-21)25-14)16(23)11-5-3-2-4-6-11/h2-6,8,12-14,21-22H,7,9H2,1H3,(H,18,19,24)/t12-,13+,14+/m1/s1. The molecule has 1 fully saturated rings. The number of aliphatic hydroxyl groups is 2. The van der Waals surface area contributed by atoms with Crippen LogP contribution < -0.4 is 10.6 Å². The molecule has 1 aliphatic heterocycles. The molecule has 0 aliphatic carbocycles. The van der Waals surface area contributed by atoms with E-state index in [9.17, 15) is 19.8 Å². The van der Waals surface area contributed by atoms with E-state index in [1.165, 1.54) is 11.1 Å². The maximum absolute atomic E-state index is 13.1. The SMILES string of the molecule is Cc1cnc(=O)[nH]c1N(C(=O)c1ccccc1)[C@@H]1C[C@@H](O)[C@H](CO)O1. The Morgan fingerprint density at radius 1 is 1.40 bits per heavy atom. The molecule has 3 atom stereocenters.